The number of nitrogens with zero attached hydrogens (tertiary/aromatic N) is 4. The highest BCUT2D eigenvalue weighted by molar-refractivity contribution is 5.78. The zero-order chi connectivity index (χ0) is 15.1. The molecule has 0 spiro atoms. The van der Waals surface area contributed by atoms with Gasteiger partial charge < -0.3 is 35.2 Å². The number of halogens is 2. The quantitative estimate of drug-likeness (QED) is 0.242. The zero-order valence-corrected chi connectivity index (χ0v) is 13.7. The van der Waals surface area contributed by atoms with Crippen LogP contribution in [0.2, 0.25) is 0 Å². The summed E-state index contributed by atoms with van der Waals surface area (Å²) in [6.07, 6.45) is 9.63. The first-order valence-corrected chi connectivity index (χ1v) is 6.17. The molecule has 2 heterocycles. The lowest BCUT2D eigenvalue weighted by atomic mass is 10.3. The summed E-state index contributed by atoms with van der Waals surface area (Å²) in [6.45, 7) is 0. The van der Waals surface area contributed by atoms with Gasteiger partial charge in [0.2, 0.25) is 0 Å². The number of hydrogen-bond donors (Lipinski definition) is 2. The van der Waals surface area contributed by atoms with Gasteiger partial charge in [-0.05, 0) is 0 Å². The summed E-state index contributed by atoms with van der Waals surface area (Å²) in [7, 11) is 1.61. The molecule has 0 unspecified atom stereocenters. The maximum atomic E-state index is 8.50. The Hall–Kier alpha value is -2.22. The normalized spacial score (nSPS) is 10.7. The molecule has 0 aliphatic rings. The van der Waals surface area contributed by atoms with Crippen molar-refractivity contribution in [2.75, 3.05) is 7.11 Å². The number of methoxy groups -OCH3 is 1. The van der Waals surface area contributed by atoms with E-state index in [0.29, 0.717) is 0 Å². The lowest BCUT2D eigenvalue weighted by Crippen LogP contribution is -3.00. The molecule has 23 heavy (non-hydrogen) atoms. The van der Waals surface area contributed by atoms with Crippen molar-refractivity contribution in [3.63, 3.8) is 0 Å². The van der Waals surface area contributed by atoms with Crippen molar-refractivity contribution in [2.45, 2.75) is 6.35 Å². The predicted octanol–water partition coefficient (Wildman–Crippen LogP) is -5.46. The minimum atomic E-state index is -0.356. The summed E-state index contributed by atoms with van der Waals surface area (Å²) in [5.41, 5.74) is 1.56. The van der Waals surface area contributed by atoms with Gasteiger partial charge >= 0.3 is 6.35 Å². The standard InChI is InChI=1S/C14H14N4O3.2ClH/c1-21-14(17-6-2-12(3-7-17)10-15-19)18-8-4-13(5-9-18)11-16-20;;/h2-11,14H,1H3;2*1H. The molecular weight excluding hydrogens is 343 g/mol. The summed E-state index contributed by atoms with van der Waals surface area (Å²) in [6, 6.07) is 7.22. The Morgan fingerprint density at radius 3 is 1.48 bits per heavy atom. The van der Waals surface area contributed by atoms with Crippen molar-refractivity contribution >= 4 is 12.4 Å². The average Bonchev–Trinajstić information content (AvgIpc) is 2.52. The molecule has 0 amide bonds. The largest absolute Gasteiger partial charge is 1.00 e. The smallest absolute Gasteiger partial charge is 0.474 e. The second-order valence-electron chi connectivity index (χ2n) is 4.21. The number of aromatic nitrogens is 2. The van der Waals surface area contributed by atoms with Gasteiger partial charge in [-0.15, -0.1) is 9.13 Å². The van der Waals surface area contributed by atoms with E-state index in [1.807, 2.05) is 33.9 Å². The van der Waals surface area contributed by atoms with Crippen molar-refractivity contribution in [3.8, 4) is 0 Å². The monoisotopic (exact) mass is 358 g/mol. The molecule has 0 atom stereocenters. The Kier molecular flexibility index (Phi) is 9.48. The molecule has 0 saturated heterocycles. The zero-order valence-electron chi connectivity index (χ0n) is 12.2. The topological polar surface area (TPSA) is 82.2 Å². The Labute approximate surface area is 146 Å². The molecule has 0 aliphatic carbocycles. The van der Waals surface area contributed by atoms with Crippen molar-refractivity contribution in [3.05, 3.63) is 60.2 Å². The fourth-order valence-electron chi connectivity index (χ4n) is 1.90. The van der Waals surface area contributed by atoms with Crippen LogP contribution in [0, 0.1) is 0 Å². The molecule has 0 radical (unpaired) electrons. The van der Waals surface area contributed by atoms with E-state index in [4.69, 9.17) is 15.2 Å². The number of rotatable bonds is 5. The van der Waals surface area contributed by atoms with Crippen LogP contribution in [0.25, 0.3) is 0 Å². The van der Waals surface area contributed by atoms with Crippen molar-refractivity contribution in [2.24, 2.45) is 10.3 Å². The van der Waals surface area contributed by atoms with E-state index in [1.54, 1.807) is 31.4 Å². The molecule has 9 heteroatoms. The highest BCUT2D eigenvalue weighted by Crippen LogP contribution is 1.98. The van der Waals surface area contributed by atoms with E-state index in [-0.39, 0.29) is 31.2 Å². The molecule has 0 aromatic carbocycles. The summed E-state index contributed by atoms with van der Waals surface area (Å²) >= 11 is 0. The van der Waals surface area contributed by atoms with Gasteiger partial charge in [0, 0.05) is 42.5 Å². The Balaban J connectivity index is 0.00000242. The molecule has 2 aromatic rings. The maximum Gasteiger partial charge on any atom is 0.474 e. The summed E-state index contributed by atoms with van der Waals surface area (Å²) in [5, 5.41) is 23.0. The van der Waals surface area contributed by atoms with Gasteiger partial charge in [-0.1, -0.05) is 10.3 Å². The van der Waals surface area contributed by atoms with Crippen LogP contribution in [0.5, 0.6) is 0 Å². The average molecular weight is 359 g/mol. The van der Waals surface area contributed by atoms with Gasteiger partial charge in [0.25, 0.3) is 0 Å². The fraction of sp³-hybridized carbons (Fsp3) is 0.143. The molecule has 0 saturated carbocycles. The van der Waals surface area contributed by atoms with Crippen molar-refractivity contribution < 1.29 is 49.1 Å². The maximum absolute atomic E-state index is 8.50. The van der Waals surface area contributed by atoms with E-state index in [1.165, 1.54) is 12.4 Å². The molecule has 2 aromatic heterocycles. The van der Waals surface area contributed by atoms with E-state index >= 15 is 0 Å². The third kappa shape index (κ3) is 5.48. The van der Waals surface area contributed by atoms with Crippen molar-refractivity contribution in [1.82, 2.24) is 0 Å². The second-order valence-corrected chi connectivity index (χ2v) is 4.21. The molecule has 0 bridgehead atoms. The van der Waals surface area contributed by atoms with Crippen LogP contribution in [-0.2, 0) is 4.74 Å². The van der Waals surface area contributed by atoms with Gasteiger partial charge in [0.05, 0.1) is 12.4 Å². The van der Waals surface area contributed by atoms with Crippen LogP contribution >= 0.6 is 0 Å². The van der Waals surface area contributed by atoms with Crippen LogP contribution in [0.4, 0.5) is 0 Å². The summed E-state index contributed by atoms with van der Waals surface area (Å²) < 4.78 is 9.19. The number of hydrogen-bond acceptors (Lipinski definition) is 5. The summed E-state index contributed by atoms with van der Waals surface area (Å²) in [5.74, 6) is 0. The third-order valence-corrected chi connectivity index (χ3v) is 2.89. The van der Waals surface area contributed by atoms with Crippen LogP contribution < -0.4 is 33.9 Å². The van der Waals surface area contributed by atoms with E-state index in [9.17, 15) is 0 Å². The van der Waals surface area contributed by atoms with Gasteiger partial charge in [-0.2, -0.15) is 0 Å². The third-order valence-electron chi connectivity index (χ3n) is 2.89. The van der Waals surface area contributed by atoms with Crippen LogP contribution in [0.1, 0.15) is 17.5 Å². The molecule has 0 aliphatic heterocycles. The van der Waals surface area contributed by atoms with Gasteiger partial charge in [-0.25, -0.2) is 0 Å². The van der Waals surface area contributed by atoms with Gasteiger partial charge in [0.1, 0.15) is 0 Å². The molecule has 7 nitrogen and oxygen atoms in total. The van der Waals surface area contributed by atoms with Gasteiger partial charge in [0.15, 0.2) is 24.8 Å². The van der Waals surface area contributed by atoms with Crippen molar-refractivity contribution in [1.29, 1.82) is 0 Å². The minimum Gasteiger partial charge on any atom is -1.00 e. The van der Waals surface area contributed by atoms with E-state index in [2.05, 4.69) is 10.3 Å². The molecule has 0 fully saturated rings. The number of ether oxygens (including phenoxy) is 1. The fourth-order valence-corrected chi connectivity index (χ4v) is 1.90. The summed E-state index contributed by atoms with van der Waals surface area (Å²) in [4.78, 5) is 0. The SMILES string of the molecule is COC([n+]1ccc(/C=N/O)cc1)[n+]1ccc(/C=N/O)cc1.[Cl-].[Cl-]. The Bertz CT molecular complexity index is 578. The van der Waals surface area contributed by atoms with Crippen LogP contribution in [-0.4, -0.2) is 30.0 Å². The van der Waals surface area contributed by atoms with Crippen LogP contribution in [0.15, 0.2) is 59.4 Å². The predicted molar refractivity (Wildman–Crippen MR) is 73.5 cm³/mol. The number of pyridine rings is 2. The van der Waals surface area contributed by atoms with Gasteiger partial charge in [-0.3, -0.25) is 4.74 Å². The molecule has 2 N–H and O–H groups in total. The lowest BCUT2D eigenvalue weighted by molar-refractivity contribution is -0.983. The highest BCUT2D eigenvalue weighted by atomic mass is 35.5. The second kappa shape index (κ2) is 10.5. The first-order valence-electron chi connectivity index (χ1n) is 6.17. The first-order chi connectivity index (χ1) is 10.3. The first kappa shape index (κ1) is 20.8. The minimum absolute atomic E-state index is 0. The lowest BCUT2D eigenvalue weighted by Gasteiger charge is -2.05. The molecule has 124 valence electrons. The number of oxime groups is 2. The molecule has 2 rings (SSSR count). The van der Waals surface area contributed by atoms with E-state index in [0.717, 1.165) is 11.1 Å². The Morgan fingerprint density at radius 2 is 1.22 bits per heavy atom. The van der Waals surface area contributed by atoms with E-state index < -0.39 is 0 Å². The highest BCUT2D eigenvalue weighted by Gasteiger charge is 2.26. The Morgan fingerprint density at radius 1 is 0.870 bits per heavy atom. The van der Waals surface area contributed by atoms with Crippen LogP contribution in [0.3, 0.4) is 0 Å². The molecular formula is C14H16Cl2N4O3.